The van der Waals surface area contributed by atoms with Crippen LogP contribution in [0.1, 0.15) is 34.9 Å². The maximum absolute atomic E-state index is 12.2. The van der Waals surface area contributed by atoms with Crippen molar-refractivity contribution in [2.24, 2.45) is 0 Å². The fourth-order valence-corrected chi connectivity index (χ4v) is 2.65. The van der Waals surface area contributed by atoms with Gasteiger partial charge in [-0.3, -0.25) is 4.79 Å². The van der Waals surface area contributed by atoms with Gasteiger partial charge in [0.05, 0.1) is 11.8 Å². The molecular weight excluding hydrogens is 292 g/mol. The molecule has 0 saturated heterocycles. The van der Waals surface area contributed by atoms with Gasteiger partial charge in [0.15, 0.2) is 14.9 Å². The average molecular weight is 306 g/mol. The number of pyridine rings is 1. The summed E-state index contributed by atoms with van der Waals surface area (Å²) < 4.78 is 28.3. The highest BCUT2D eigenvalue weighted by molar-refractivity contribution is 7.90. The van der Waals surface area contributed by atoms with Crippen LogP contribution in [0.3, 0.4) is 0 Å². The molecule has 2 heterocycles. The second kappa shape index (κ2) is 5.00. The first-order chi connectivity index (χ1) is 9.95. The lowest BCUT2D eigenvalue weighted by atomic mass is 10.2. The minimum Gasteiger partial charge on any atom is -0.468 e. The highest BCUT2D eigenvalue weighted by atomic mass is 32.2. The summed E-state index contributed by atoms with van der Waals surface area (Å²) in [6.45, 7) is 0. The predicted molar refractivity (Wildman–Crippen MR) is 76.0 cm³/mol. The lowest BCUT2D eigenvalue weighted by Crippen LogP contribution is -2.13. The van der Waals surface area contributed by atoms with E-state index in [0.717, 1.165) is 19.1 Å². The maximum Gasteiger partial charge on any atom is 0.259 e. The number of nitrogens with zero attached hydrogens (tertiary/aromatic N) is 1. The van der Waals surface area contributed by atoms with Crippen LogP contribution in [0.25, 0.3) is 0 Å². The molecule has 110 valence electrons. The van der Waals surface area contributed by atoms with Crippen molar-refractivity contribution >= 4 is 21.4 Å². The molecule has 1 saturated carbocycles. The van der Waals surface area contributed by atoms with Crippen molar-refractivity contribution in [2.75, 3.05) is 11.6 Å². The van der Waals surface area contributed by atoms with E-state index >= 15 is 0 Å². The first kappa shape index (κ1) is 13.8. The fraction of sp³-hybridized carbons (Fsp3) is 0.286. The van der Waals surface area contributed by atoms with Gasteiger partial charge >= 0.3 is 0 Å². The summed E-state index contributed by atoms with van der Waals surface area (Å²) in [7, 11) is -3.41. The second-order valence-electron chi connectivity index (χ2n) is 5.08. The average Bonchev–Trinajstić information content (AvgIpc) is 3.15. The number of aromatic nitrogens is 1. The van der Waals surface area contributed by atoms with Crippen LogP contribution in [-0.2, 0) is 9.84 Å². The lowest BCUT2D eigenvalue weighted by molar-refractivity contribution is 0.102. The van der Waals surface area contributed by atoms with E-state index in [0.29, 0.717) is 22.9 Å². The Balaban J connectivity index is 1.83. The second-order valence-corrected chi connectivity index (χ2v) is 7.04. The van der Waals surface area contributed by atoms with Gasteiger partial charge in [-0.05, 0) is 31.0 Å². The molecule has 6 nitrogen and oxygen atoms in total. The zero-order valence-corrected chi connectivity index (χ0v) is 12.2. The van der Waals surface area contributed by atoms with Gasteiger partial charge in [-0.15, -0.1) is 0 Å². The molecule has 0 bridgehead atoms. The summed E-state index contributed by atoms with van der Waals surface area (Å²) in [6.07, 6.45) is 5.98. The number of rotatable bonds is 4. The van der Waals surface area contributed by atoms with Crippen molar-refractivity contribution in [3.63, 3.8) is 0 Å². The van der Waals surface area contributed by atoms with Gasteiger partial charge in [-0.25, -0.2) is 13.4 Å². The summed E-state index contributed by atoms with van der Waals surface area (Å²) in [6, 6.07) is 4.51. The number of hydrogen-bond acceptors (Lipinski definition) is 5. The molecule has 0 aliphatic heterocycles. The first-order valence-corrected chi connectivity index (χ1v) is 8.39. The summed E-state index contributed by atoms with van der Waals surface area (Å²) in [5.41, 5.74) is 0.883. The molecule has 1 N–H and O–H groups in total. The summed E-state index contributed by atoms with van der Waals surface area (Å²) in [5.74, 6) is 0.714. The Morgan fingerprint density at radius 1 is 1.38 bits per heavy atom. The van der Waals surface area contributed by atoms with Crippen LogP contribution >= 0.6 is 0 Å². The number of carbonyl (C=O) groups is 1. The fourth-order valence-electron chi connectivity index (χ4n) is 2.06. The van der Waals surface area contributed by atoms with Crippen LogP contribution in [0.4, 0.5) is 5.69 Å². The van der Waals surface area contributed by atoms with Crippen molar-refractivity contribution in [1.82, 2.24) is 4.98 Å². The number of nitrogens with one attached hydrogen (secondary N) is 1. The highest BCUT2D eigenvalue weighted by Gasteiger charge is 2.31. The Labute approximate surface area is 122 Å². The normalized spacial score (nSPS) is 14.9. The van der Waals surface area contributed by atoms with Crippen molar-refractivity contribution in [3.8, 4) is 0 Å². The Morgan fingerprint density at radius 3 is 2.81 bits per heavy atom. The molecule has 3 rings (SSSR count). The highest BCUT2D eigenvalue weighted by Crippen LogP contribution is 2.42. The van der Waals surface area contributed by atoms with Crippen molar-refractivity contribution in [2.45, 2.75) is 23.8 Å². The number of anilines is 1. The zero-order valence-electron chi connectivity index (χ0n) is 11.4. The van der Waals surface area contributed by atoms with Gasteiger partial charge in [0.1, 0.15) is 5.76 Å². The smallest absolute Gasteiger partial charge is 0.259 e. The quantitative estimate of drug-likeness (QED) is 0.935. The molecule has 7 heteroatoms. The molecule has 1 fully saturated rings. The topological polar surface area (TPSA) is 89.3 Å². The molecule has 2 aromatic rings. The van der Waals surface area contributed by atoms with E-state index in [2.05, 4.69) is 10.3 Å². The largest absolute Gasteiger partial charge is 0.468 e. The van der Waals surface area contributed by atoms with Gasteiger partial charge in [0.25, 0.3) is 5.91 Å². The molecule has 2 aromatic heterocycles. The van der Waals surface area contributed by atoms with Gasteiger partial charge in [-0.2, -0.15) is 0 Å². The Kier molecular flexibility index (Phi) is 3.29. The third-order valence-electron chi connectivity index (χ3n) is 3.26. The third-order valence-corrected chi connectivity index (χ3v) is 4.24. The molecular formula is C14H14N2O4S. The zero-order chi connectivity index (χ0) is 15.0. The SMILES string of the molecule is CS(=O)(=O)c1cc(NC(=O)c2ccoc2C2CC2)ccn1. The summed E-state index contributed by atoms with van der Waals surface area (Å²) >= 11 is 0. The minimum atomic E-state index is -3.41. The Hall–Kier alpha value is -2.15. The van der Waals surface area contributed by atoms with E-state index in [1.165, 1.54) is 18.5 Å². The molecule has 0 radical (unpaired) electrons. The minimum absolute atomic E-state index is 0.0742. The molecule has 0 atom stereocenters. The van der Waals surface area contributed by atoms with E-state index in [9.17, 15) is 13.2 Å². The number of furan rings is 1. The first-order valence-electron chi connectivity index (χ1n) is 6.50. The Morgan fingerprint density at radius 2 is 2.14 bits per heavy atom. The van der Waals surface area contributed by atoms with Crippen LogP contribution in [0.15, 0.2) is 40.1 Å². The van der Waals surface area contributed by atoms with Crippen LogP contribution in [0, 0.1) is 0 Å². The van der Waals surface area contributed by atoms with Crippen molar-refractivity contribution in [3.05, 3.63) is 42.0 Å². The summed E-state index contributed by atoms with van der Waals surface area (Å²) in [5, 5.41) is 2.60. The van der Waals surface area contributed by atoms with Crippen LogP contribution in [0.5, 0.6) is 0 Å². The molecule has 1 amide bonds. The monoisotopic (exact) mass is 306 g/mol. The molecule has 1 aliphatic rings. The third kappa shape index (κ3) is 2.97. The van der Waals surface area contributed by atoms with Crippen LogP contribution in [-0.4, -0.2) is 25.6 Å². The number of amides is 1. The van der Waals surface area contributed by atoms with Crippen molar-refractivity contribution < 1.29 is 17.6 Å². The van der Waals surface area contributed by atoms with E-state index < -0.39 is 9.84 Å². The van der Waals surface area contributed by atoms with E-state index in [1.54, 1.807) is 12.1 Å². The van der Waals surface area contributed by atoms with Gasteiger partial charge in [0, 0.05) is 24.1 Å². The molecule has 1 aliphatic carbocycles. The van der Waals surface area contributed by atoms with Gasteiger partial charge in [0.2, 0.25) is 0 Å². The van der Waals surface area contributed by atoms with Crippen molar-refractivity contribution in [1.29, 1.82) is 0 Å². The van der Waals surface area contributed by atoms with Gasteiger partial charge < -0.3 is 9.73 Å². The lowest BCUT2D eigenvalue weighted by Gasteiger charge is -2.06. The number of carbonyl (C=O) groups excluding carboxylic acids is 1. The number of hydrogen-bond donors (Lipinski definition) is 1. The molecule has 0 spiro atoms. The Bertz CT molecular complexity index is 791. The predicted octanol–water partition coefficient (Wildman–Crippen LogP) is 2.21. The number of sulfone groups is 1. The van der Waals surface area contributed by atoms with E-state index in [4.69, 9.17) is 4.42 Å². The van der Waals surface area contributed by atoms with Crippen LogP contribution in [0.2, 0.25) is 0 Å². The van der Waals surface area contributed by atoms with Gasteiger partial charge in [-0.1, -0.05) is 0 Å². The van der Waals surface area contributed by atoms with E-state index in [-0.39, 0.29) is 10.9 Å². The van der Waals surface area contributed by atoms with E-state index in [1.807, 2.05) is 0 Å². The molecule has 0 aromatic carbocycles. The summed E-state index contributed by atoms with van der Waals surface area (Å²) in [4.78, 5) is 16.0. The standard InChI is InChI=1S/C14H14N2O4S/c1-21(18,19)12-8-10(4-6-15-12)16-14(17)11-5-7-20-13(11)9-2-3-9/h4-9H,2-3H2,1H3,(H,15,16,17). The molecule has 21 heavy (non-hydrogen) atoms. The molecule has 0 unspecified atom stereocenters. The van der Waals surface area contributed by atoms with Crippen LogP contribution < -0.4 is 5.32 Å². The maximum atomic E-state index is 12.2.